The number of nitrogens with two attached hydrogens (primary N) is 1. The second kappa shape index (κ2) is 10.3. The average Bonchev–Trinajstić information content (AvgIpc) is 2.67. The van der Waals surface area contributed by atoms with Crippen LogP contribution in [0.3, 0.4) is 0 Å². The van der Waals surface area contributed by atoms with Gasteiger partial charge in [0.2, 0.25) is 5.91 Å². The normalized spacial score (nSPS) is 16.7. The highest BCUT2D eigenvalue weighted by Crippen LogP contribution is 2.21. The zero-order chi connectivity index (χ0) is 22.5. The van der Waals surface area contributed by atoms with Crippen LogP contribution in [0.2, 0.25) is 10.3 Å². The van der Waals surface area contributed by atoms with E-state index in [0.29, 0.717) is 11.7 Å². The number of nitrogens with zero attached hydrogens (tertiary/aromatic N) is 1. The number of hydrazine groups is 1. The van der Waals surface area contributed by atoms with Gasteiger partial charge in [0, 0.05) is 11.5 Å². The van der Waals surface area contributed by atoms with E-state index >= 15 is 0 Å². The highest BCUT2D eigenvalue weighted by Gasteiger charge is 2.41. The van der Waals surface area contributed by atoms with Crippen molar-refractivity contribution in [1.82, 2.24) is 14.6 Å². The Morgan fingerprint density at radius 2 is 2.07 bits per heavy atom. The van der Waals surface area contributed by atoms with Crippen molar-refractivity contribution in [3.8, 4) is 5.75 Å². The maximum Gasteiger partial charge on any atom is 0.435 e. The summed E-state index contributed by atoms with van der Waals surface area (Å²) in [6, 6.07) is 3.12. The monoisotopic (exact) mass is 458 g/mol. The molecular weight excluding hydrogens is 434 g/mol. The van der Waals surface area contributed by atoms with Gasteiger partial charge in [0.1, 0.15) is 23.2 Å². The third-order valence-electron chi connectivity index (χ3n) is 4.28. The Bertz CT molecular complexity index is 807. The van der Waals surface area contributed by atoms with Crippen molar-refractivity contribution in [1.29, 1.82) is 0 Å². The first-order chi connectivity index (χ1) is 14.0. The minimum absolute atomic E-state index is 0.0419. The summed E-state index contributed by atoms with van der Waals surface area (Å²) < 4.78 is 27.0. The van der Waals surface area contributed by atoms with Crippen LogP contribution in [0, 0.1) is 5.82 Å². The molecule has 1 aromatic rings. The highest BCUT2D eigenvalue weighted by atomic mass is 35.5. The Labute approximate surface area is 183 Å². The lowest BCUT2D eigenvalue weighted by molar-refractivity contribution is -0.126. The van der Waals surface area contributed by atoms with Gasteiger partial charge in [0.15, 0.2) is 6.61 Å². The van der Waals surface area contributed by atoms with Gasteiger partial charge < -0.3 is 18.7 Å². The lowest BCUT2D eigenvalue weighted by atomic mass is 10.2. The number of ether oxygens (including phenoxy) is 2. The van der Waals surface area contributed by atoms with Gasteiger partial charge in [-0.2, -0.15) is 0 Å². The van der Waals surface area contributed by atoms with Crippen molar-refractivity contribution in [2.24, 2.45) is 5.84 Å². The fourth-order valence-corrected chi connectivity index (χ4v) is 5.64. The molecule has 12 heteroatoms. The summed E-state index contributed by atoms with van der Waals surface area (Å²) in [4.78, 5) is 38.2. The van der Waals surface area contributed by atoms with E-state index in [1.54, 1.807) is 20.8 Å². The van der Waals surface area contributed by atoms with E-state index < -0.39 is 49.7 Å². The number of benzene rings is 1. The van der Waals surface area contributed by atoms with Gasteiger partial charge in [-0.15, -0.1) is 0 Å². The fourth-order valence-electron chi connectivity index (χ4n) is 2.96. The molecule has 164 valence electrons. The molecule has 9 nitrogen and oxygen atoms in total. The molecule has 1 fully saturated rings. The van der Waals surface area contributed by atoms with Gasteiger partial charge in [-0.3, -0.25) is 15.0 Å². The number of halogens is 2. The predicted octanol–water partition coefficient (Wildman–Crippen LogP) is 1.50. The minimum atomic E-state index is -1.97. The molecule has 0 aliphatic carbocycles. The van der Waals surface area contributed by atoms with Gasteiger partial charge >= 0.3 is 20.5 Å². The van der Waals surface area contributed by atoms with Gasteiger partial charge in [0.05, 0.1) is 5.02 Å². The zero-order valence-electron chi connectivity index (χ0n) is 17.0. The molecular formula is C18H25AlClFN4O5. The predicted molar refractivity (Wildman–Crippen MR) is 109 cm³/mol. The number of rotatable bonds is 5. The van der Waals surface area contributed by atoms with Crippen LogP contribution in [0.5, 0.6) is 5.75 Å². The molecule has 1 heterocycles. The van der Waals surface area contributed by atoms with Crippen LogP contribution < -0.4 is 20.3 Å². The van der Waals surface area contributed by atoms with Crippen LogP contribution in [0.15, 0.2) is 18.2 Å². The molecule has 0 saturated carbocycles. The minimum Gasteiger partial charge on any atom is -0.484 e. The number of carbonyl (C=O) groups is 3. The molecule has 2 rings (SSSR count). The van der Waals surface area contributed by atoms with E-state index in [2.05, 4.69) is 9.73 Å². The second-order valence-corrected chi connectivity index (χ2v) is 10.9. The summed E-state index contributed by atoms with van der Waals surface area (Å²) in [5.41, 5.74) is 1.33. The number of hydrogen-bond acceptors (Lipinski definition) is 6. The second-order valence-electron chi connectivity index (χ2n) is 7.86. The Hall–Kier alpha value is -2.06. The maximum atomic E-state index is 13.4. The van der Waals surface area contributed by atoms with Crippen LogP contribution in [0.1, 0.15) is 27.2 Å². The molecule has 4 N–H and O–H groups in total. The molecule has 1 atom stereocenters. The van der Waals surface area contributed by atoms with Crippen LogP contribution in [0.25, 0.3) is 0 Å². The van der Waals surface area contributed by atoms with E-state index in [9.17, 15) is 18.8 Å². The number of carbonyl (C=O) groups excluding carboxylic acids is 3. The first-order valence-corrected chi connectivity index (χ1v) is 12.0. The Balaban J connectivity index is 1.96. The molecule has 1 aromatic carbocycles. The Kier molecular flexibility index (Phi) is 8.32. The van der Waals surface area contributed by atoms with Crippen LogP contribution in [-0.2, 0) is 14.3 Å². The Morgan fingerprint density at radius 1 is 1.37 bits per heavy atom. The maximum absolute atomic E-state index is 13.4. The smallest absolute Gasteiger partial charge is 0.435 e. The molecule has 0 bridgehead atoms. The number of amides is 3. The Morgan fingerprint density at radius 3 is 2.67 bits per heavy atom. The molecule has 1 aliphatic rings. The molecule has 0 unspecified atom stereocenters. The first kappa shape index (κ1) is 24.2. The van der Waals surface area contributed by atoms with E-state index in [4.69, 9.17) is 26.9 Å². The zero-order valence-corrected chi connectivity index (χ0v) is 18.9. The topological polar surface area (TPSA) is 123 Å². The van der Waals surface area contributed by atoms with Gasteiger partial charge in [-0.25, -0.2) is 15.0 Å². The van der Waals surface area contributed by atoms with Crippen LogP contribution >= 0.6 is 11.6 Å². The molecule has 0 aromatic heterocycles. The molecule has 3 amide bonds. The van der Waals surface area contributed by atoms with E-state index in [0.717, 1.165) is 6.07 Å². The largest absolute Gasteiger partial charge is 0.484 e. The molecule has 1 saturated heterocycles. The average molecular weight is 459 g/mol. The molecule has 1 aliphatic heterocycles. The van der Waals surface area contributed by atoms with Crippen molar-refractivity contribution in [3.63, 3.8) is 0 Å². The summed E-state index contributed by atoms with van der Waals surface area (Å²) in [5, 5.41) is 0.743. The van der Waals surface area contributed by atoms with E-state index in [-0.39, 0.29) is 22.8 Å². The lowest BCUT2D eigenvalue weighted by Crippen LogP contribution is -2.61. The molecule has 0 radical (unpaired) electrons. The SMILES string of the molecule is CC(C)(C)OC(=O)N1[CH2][Al]([NH]C(=O)COc2ccc(Cl)c(F)c2)[CH2]C[C@H]1C(=O)NN. The van der Waals surface area contributed by atoms with Gasteiger partial charge in [-0.1, -0.05) is 16.9 Å². The van der Waals surface area contributed by atoms with Gasteiger partial charge in [0.25, 0.3) is 5.91 Å². The van der Waals surface area contributed by atoms with Crippen LogP contribution in [-0.4, -0.2) is 60.8 Å². The van der Waals surface area contributed by atoms with E-state index in [1.165, 1.54) is 17.0 Å². The fraction of sp³-hybridized carbons (Fsp3) is 0.500. The van der Waals surface area contributed by atoms with Crippen molar-refractivity contribution in [3.05, 3.63) is 29.0 Å². The summed E-state index contributed by atoms with van der Waals surface area (Å²) in [5.74, 6) is 3.87. The number of hydrogen-bond donors (Lipinski definition) is 3. The third-order valence-corrected chi connectivity index (χ3v) is 7.18. The summed E-state index contributed by atoms with van der Waals surface area (Å²) >= 11 is 3.64. The summed E-state index contributed by atoms with van der Waals surface area (Å²) in [7, 11) is 0. The van der Waals surface area contributed by atoms with Crippen LogP contribution in [0.4, 0.5) is 9.18 Å². The summed E-state index contributed by atoms with van der Waals surface area (Å²) in [6.45, 7) is 4.85. The molecule has 0 spiro atoms. The molecule has 30 heavy (non-hydrogen) atoms. The number of nitrogens with one attached hydrogen (secondary N) is 2. The van der Waals surface area contributed by atoms with Gasteiger partial charge in [-0.05, 0) is 39.3 Å². The standard InChI is InChI=1S/C10H19N3O3.C8H7ClFNO2.Al/c1-6-7(8(14)12-11)13(5)9(15)16-10(2,3)4;9-6-2-1-5(3-7(6)10)13-4-8(11)12;/h7H,1,5-6,11H2,2-4H3,(H,12,14);1-3H,4H2,(H2,11,12);/q;;+1/p-1/t7-;;/m0../s1. The van der Waals surface area contributed by atoms with Crippen molar-refractivity contribution in [2.45, 2.75) is 44.1 Å². The lowest BCUT2D eigenvalue weighted by Gasteiger charge is -2.37. The van der Waals surface area contributed by atoms with Crippen molar-refractivity contribution >= 4 is 43.9 Å². The van der Waals surface area contributed by atoms with Crippen molar-refractivity contribution in [2.75, 3.05) is 12.0 Å². The third kappa shape index (κ3) is 7.02. The highest BCUT2D eigenvalue weighted by molar-refractivity contribution is 6.59. The van der Waals surface area contributed by atoms with Crippen molar-refractivity contribution < 1.29 is 28.2 Å². The quantitative estimate of drug-likeness (QED) is 0.266. The van der Waals surface area contributed by atoms with E-state index in [1.807, 2.05) is 0 Å². The summed E-state index contributed by atoms with van der Waals surface area (Å²) in [6.07, 6.45) is -0.293. The first-order valence-electron chi connectivity index (χ1n) is 9.37.